The lowest BCUT2D eigenvalue weighted by Crippen LogP contribution is -2.34. The van der Waals surface area contributed by atoms with Crippen LogP contribution in [-0.4, -0.2) is 74.1 Å². The Morgan fingerprint density at radius 3 is 2.82 bits per heavy atom. The minimum atomic E-state index is -1.30. The average molecular weight is 552 g/mol. The second kappa shape index (κ2) is 9.52. The van der Waals surface area contributed by atoms with Crippen LogP contribution >= 0.6 is 11.6 Å². The van der Waals surface area contributed by atoms with Crippen molar-refractivity contribution in [3.63, 3.8) is 0 Å². The van der Waals surface area contributed by atoms with Gasteiger partial charge in [-0.2, -0.15) is 10.2 Å². The molecule has 0 saturated heterocycles. The number of hydrogen-bond donors (Lipinski definition) is 3. The number of anilines is 1. The van der Waals surface area contributed by atoms with Crippen LogP contribution in [0.1, 0.15) is 35.4 Å². The molecule has 1 fully saturated rings. The normalized spacial score (nSPS) is 18.3. The van der Waals surface area contributed by atoms with Gasteiger partial charge in [0.05, 0.1) is 58.9 Å². The Kier molecular flexibility index (Phi) is 6.13. The molecule has 200 valence electrons. The van der Waals surface area contributed by atoms with Gasteiger partial charge in [0.2, 0.25) is 0 Å². The van der Waals surface area contributed by atoms with Crippen molar-refractivity contribution in [3.05, 3.63) is 71.5 Å². The van der Waals surface area contributed by atoms with Gasteiger partial charge in [0.15, 0.2) is 5.82 Å². The molecule has 1 amide bonds. The third kappa shape index (κ3) is 4.99. The highest BCUT2D eigenvalue weighted by Crippen LogP contribution is 2.41. The van der Waals surface area contributed by atoms with Crippen molar-refractivity contribution < 1.29 is 19.4 Å². The number of rotatable bonds is 8. The standard InChI is InChI=1S/C25H23ClFN9O3/c1-25(39,13-37)12-34-11-15(9-28-34)14-4-5-35-22(6-14)18(10-29-35)24(38)30-21-7-16(2-3-19(21)26)36-32-23(31-33-36)17-8-20(17)27/h2-7,9-11,17,20,37,39H,8,12-13H2,1H3,(H,30,38)/t17-,20-,25-/m1/s1. The first-order chi connectivity index (χ1) is 18.7. The maximum atomic E-state index is 13.4. The van der Waals surface area contributed by atoms with Gasteiger partial charge in [-0.25, -0.2) is 8.91 Å². The second-order valence-corrected chi connectivity index (χ2v) is 10.2. The SMILES string of the molecule is C[C@](O)(CO)Cn1cc(-c2ccn3ncc(C(=O)Nc4cc(-n5nnc([C@@H]6C[C@H]6F)n5)ccc4Cl)c3c2)cn1. The highest BCUT2D eigenvalue weighted by molar-refractivity contribution is 6.34. The molecule has 6 rings (SSSR count). The summed E-state index contributed by atoms with van der Waals surface area (Å²) in [7, 11) is 0. The van der Waals surface area contributed by atoms with E-state index in [1.54, 1.807) is 46.0 Å². The Bertz CT molecular complexity index is 1700. The first-order valence-electron chi connectivity index (χ1n) is 12.1. The number of aliphatic hydroxyl groups excluding tert-OH is 1. The lowest BCUT2D eigenvalue weighted by atomic mass is 10.1. The van der Waals surface area contributed by atoms with Crippen LogP contribution < -0.4 is 5.32 Å². The van der Waals surface area contributed by atoms with Gasteiger partial charge in [0.25, 0.3) is 5.91 Å². The molecule has 3 atom stereocenters. The molecule has 5 aromatic rings. The van der Waals surface area contributed by atoms with Gasteiger partial charge in [-0.05, 0) is 54.5 Å². The molecule has 39 heavy (non-hydrogen) atoms. The van der Waals surface area contributed by atoms with Crippen molar-refractivity contribution in [3.8, 4) is 16.8 Å². The maximum Gasteiger partial charge on any atom is 0.259 e. The molecule has 4 heterocycles. The van der Waals surface area contributed by atoms with Gasteiger partial charge >= 0.3 is 0 Å². The lowest BCUT2D eigenvalue weighted by Gasteiger charge is -2.19. The highest BCUT2D eigenvalue weighted by Gasteiger charge is 2.42. The number of halogens is 2. The molecule has 0 spiro atoms. The van der Waals surface area contributed by atoms with Gasteiger partial charge in [0, 0.05) is 18.0 Å². The Balaban J connectivity index is 1.24. The van der Waals surface area contributed by atoms with Crippen LogP contribution in [0.15, 0.2) is 55.1 Å². The molecule has 1 aliphatic carbocycles. The number of aliphatic hydroxyl groups is 2. The van der Waals surface area contributed by atoms with Crippen molar-refractivity contribution in [2.75, 3.05) is 11.9 Å². The van der Waals surface area contributed by atoms with E-state index in [0.717, 1.165) is 11.1 Å². The summed E-state index contributed by atoms with van der Waals surface area (Å²) in [6.07, 6.45) is 6.03. The summed E-state index contributed by atoms with van der Waals surface area (Å²) in [5, 5.41) is 43.3. The second-order valence-electron chi connectivity index (χ2n) is 9.80. The van der Waals surface area contributed by atoms with Crippen molar-refractivity contribution in [2.24, 2.45) is 0 Å². The predicted octanol–water partition coefficient (Wildman–Crippen LogP) is 2.65. The van der Waals surface area contributed by atoms with Gasteiger partial charge in [-0.1, -0.05) is 11.6 Å². The molecular formula is C25H23ClFN9O3. The van der Waals surface area contributed by atoms with Gasteiger partial charge in [-0.3, -0.25) is 9.48 Å². The molecule has 1 aromatic carbocycles. The monoisotopic (exact) mass is 551 g/mol. The van der Waals surface area contributed by atoms with Crippen molar-refractivity contribution >= 4 is 28.7 Å². The zero-order valence-corrected chi connectivity index (χ0v) is 21.4. The Labute approximate surface area is 225 Å². The first kappa shape index (κ1) is 25.1. The zero-order chi connectivity index (χ0) is 27.3. The molecule has 1 saturated carbocycles. The summed E-state index contributed by atoms with van der Waals surface area (Å²) < 4.78 is 16.5. The molecule has 0 unspecified atom stereocenters. The number of pyridine rings is 1. The third-order valence-electron chi connectivity index (χ3n) is 6.48. The number of carbonyl (C=O) groups is 1. The average Bonchev–Trinajstić information content (AvgIpc) is 3.34. The molecule has 12 nitrogen and oxygen atoms in total. The highest BCUT2D eigenvalue weighted by atomic mass is 35.5. The lowest BCUT2D eigenvalue weighted by molar-refractivity contribution is -0.0145. The summed E-state index contributed by atoms with van der Waals surface area (Å²) in [6, 6.07) is 8.52. The van der Waals surface area contributed by atoms with Crippen LogP contribution in [0.5, 0.6) is 0 Å². The number of nitrogens with zero attached hydrogens (tertiary/aromatic N) is 8. The minimum absolute atomic E-state index is 0.119. The zero-order valence-electron chi connectivity index (χ0n) is 20.6. The first-order valence-corrected chi connectivity index (χ1v) is 12.5. The Hall–Kier alpha value is -4.20. The number of hydrogen-bond acceptors (Lipinski definition) is 8. The number of nitrogens with one attached hydrogen (secondary N) is 1. The number of benzene rings is 1. The van der Waals surface area contributed by atoms with Crippen LogP contribution in [-0.2, 0) is 6.54 Å². The number of fused-ring (bicyclic) bond motifs is 1. The topological polar surface area (TPSA) is 148 Å². The summed E-state index contributed by atoms with van der Waals surface area (Å²) in [5.74, 6) is -0.411. The largest absolute Gasteiger partial charge is 0.393 e. The van der Waals surface area contributed by atoms with Gasteiger partial charge < -0.3 is 15.5 Å². The van der Waals surface area contributed by atoms with E-state index in [4.69, 9.17) is 11.6 Å². The number of amides is 1. The van der Waals surface area contributed by atoms with Crippen LogP contribution in [0, 0.1) is 0 Å². The fraction of sp³-hybridized carbons (Fsp3) is 0.280. The number of aromatic nitrogens is 8. The third-order valence-corrected chi connectivity index (χ3v) is 6.81. The van der Waals surface area contributed by atoms with Crippen LogP contribution in [0.3, 0.4) is 0 Å². The Morgan fingerprint density at radius 1 is 1.23 bits per heavy atom. The number of tetrazole rings is 1. The quantitative estimate of drug-likeness (QED) is 0.266. The van der Waals surface area contributed by atoms with E-state index in [-0.39, 0.29) is 12.5 Å². The molecule has 4 aromatic heterocycles. The maximum absolute atomic E-state index is 13.4. The van der Waals surface area contributed by atoms with E-state index in [0.29, 0.717) is 39.7 Å². The van der Waals surface area contributed by atoms with E-state index in [1.165, 1.54) is 17.9 Å². The predicted molar refractivity (Wildman–Crippen MR) is 138 cm³/mol. The van der Waals surface area contributed by atoms with E-state index >= 15 is 0 Å². The minimum Gasteiger partial charge on any atom is -0.393 e. The molecule has 0 aliphatic heterocycles. The number of alkyl halides is 1. The summed E-state index contributed by atoms with van der Waals surface area (Å²) in [6.45, 7) is 1.24. The van der Waals surface area contributed by atoms with E-state index < -0.39 is 24.3 Å². The van der Waals surface area contributed by atoms with Gasteiger partial charge in [0.1, 0.15) is 11.8 Å². The summed E-state index contributed by atoms with van der Waals surface area (Å²) in [5.41, 5.74) is 1.96. The van der Waals surface area contributed by atoms with Crippen molar-refractivity contribution in [1.82, 2.24) is 39.6 Å². The van der Waals surface area contributed by atoms with Crippen molar-refractivity contribution in [1.29, 1.82) is 0 Å². The number of carbonyl (C=O) groups excluding carboxylic acids is 1. The molecule has 3 N–H and O–H groups in total. The summed E-state index contributed by atoms with van der Waals surface area (Å²) in [4.78, 5) is 14.6. The summed E-state index contributed by atoms with van der Waals surface area (Å²) >= 11 is 6.36. The van der Waals surface area contributed by atoms with E-state index in [2.05, 4.69) is 30.9 Å². The van der Waals surface area contributed by atoms with Crippen molar-refractivity contribution in [2.45, 2.75) is 37.6 Å². The van der Waals surface area contributed by atoms with Crippen LogP contribution in [0.2, 0.25) is 5.02 Å². The van der Waals surface area contributed by atoms with Crippen LogP contribution in [0.25, 0.3) is 22.3 Å². The smallest absolute Gasteiger partial charge is 0.259 e. The van der Waals surface area contributed by atoms with E-state index in [1.807, 2.05) is 12.1 Å². The molecular weight excluding hydrogens is 529 g/mol. The fourth-order valence-corrected chi connectivity index (χ4v) is 4.34. The molecule has 0 bridgehead atoms. The van der Waals surface area contributed by atoms with Crippen LogP contribution in [0.4, 0.5) is 10.1 Å². The molecule has 0 radical (unpaired) electrons. The fourth-order valence-electron chi connectivity index (χ4n) is 4.17. The molecule has 14 heteroatoms. The van der Waals surface area contributed by atoms with E-state index in [9.17, 15) is 19.4 Å². The van der Waals surface area contributed by atoms with Gasteiger partial charge in [-0.15, -0.1) is 15.0 Å². The Morgan fingerprint density at radius 2 is 2.05 bits per heavy atom. The molecule has 1 aliphatic rings.